The SMILES string of the molecule is Nc1ccc(CON=C(c2ccc(Cl)cc2)C2CC2)cc1. The second-order valence-corrected chi connectivity index (χ2v) is 5.71. The van der Waals surface area contributed by atoms with Crippen LogP contribution in [0.25, 0.3) is 0 Å². The Morgan fingerprint density at radius 1 is 1.10 bits per heavy atom. The van der Waals surface area contributed by atoms with Crippen LogP contribution in [0, 0.1) is 5.92 Å². The van der Waals surface area contributed by atoms with E-state index in [9.17, 15) is 0 Å². The van der Waals surface area contributed by atoms with Gasteiger partial charge in [0.05, 0.1) is 5.71 Å². The van der Waals surface area contributed by atoms with Crippen molar-refractivity contribution in [3.63, 3.8) is 0 Å². The average molecular weight is 301 g/mol. The van der Waals surface area contributed by atoms with Crippen molar-refractivity contribution in [3.05, 3.63) is 64.7 Å². The van der Waals surface area contributed by atoms with Crippen LogP contribution >= 0.6 is 11.6 Å². The second kappa shape index (κ2) is 6.19. The third-order valence-corrected chi connectivity index (χ3v) is 3.73. The Bertz CT molecular complexity index is 631. The fraction of sp³-hybridized carbons (Fsp3) is 0.235. The first-order chi connectivity index (χ1) is 10.2. The predicted octanol–water partition coefficient (Wildman–Crippen LogP) is 4.25. The molecule has 108 valence electrons. The van der Waals surface area contributed by atoms with Gasteiger partial charge in [0.2, 0.25) is 0 Å². The minimum Gasteiger partial charge on any atom is -0.399 e. The Balaban J connectivity index is 1.69. The van der Waals surface area contributed by atoms with E-state index >= 15 is 0 Å². The summed E-state index contributed by atoms with van der Waals surface area (Å²) >= 11 is 5.93. The molecule has 1 saturated carbocycles. The Kier molecular flexibility index (Phi) is 4.11. The molecule has 0 heterocycles. The lowest BCUT2D eigenvalue weighted by molar-refractivity contribution is 0.130. The highest BCUT2D eigenvalue weighted by molar-refractivity contribution is 6.30. The van der Waals surface area contributed by atoms with Crippen molar-refractivity contribution in [3.8, 4) is 0 Å². The van der Waals surface area contributed by atoms with Gasteiger partial charge in [-0.2, -0.15) is 0 Å². The number of oxime groups is 1. The highest BCUT2D eigenvalue weighted by Crippen LogP contribution is 2.33. The molecule has 3 rings (SSSR count). The van der Waals surface area contributed by atoms with Gasteiger partial charge in [0.1, 0.15) is 6.61 Å². The molecule has 2 aromatic rings. The van der Waals surface area contributed by atoms with Gasteiger partial charge in [0, 0.05) is 16.6 Å². The van der Waals surface area contributed by atoms with Crippen molar-refractivity contribution in [2.75, 3.05) is 5.73 Å². The number of halogens is 1. The molecule has 0 atom stereocenters. The summed E-state index contributed by atoms with van der Waals surface area (Å²) in [6, 6.07) is 15.4. The van der Waals surface area contributed by atoms with Crippen LogP contribution in [-0.4, -0.2) is 5.71 Å². The fourth-order valence-electron chi connectivity index (χ4n) is 2.13. The minimum absolute atomic E-state index is 0.449. The van der Waals surface area contributed by atoms with E-state index in [-0.39, 0.29) is 0 Å². The van der Waals surface area contributed by atoms with Crippen molar-refractivity contribution in [1.29, 1.82) is 0 Å². The Labute approximate surface area is 129 Å². The number of hydrogen-bond acceptors (Lipinski definition) is 3. The molecule has 1 aliphatic rings. The van der Waals surface area contributed by atoms with Gasteiger partial charge in [0.15, 0.2) is 0 Å². The monoisotopic (exact) mass is 300 g/mol. The third-order valence-electron chi connectivity index (χ3n) is 3.48. The summed E-state index contributed by atoms with van der Waals surface area (Å²) in [5.74, 6) is 0.512. The summed E-state index contributed by atoms with van der Waals surface area (Å²) in [6.07, 6.45) is 2.35. The van der Waals surface area contributed by atoms with Crippen molar-refractivity contribution in [1.82, 2.24) is 0 Å². The van der Waals surface area contributed by atoms with Gasteiger partial charge in [-0.05, 0) is 48.2 Å². The van der Waals surface area contributed by atoms with E-state index < -0.39 is 0 Å². The van der Waals surface area contributed by atoms with Crippen LogP contribution in [0.2, 0.25) is 5.02 Å². The highest BCUT2D eigenvalue weighted by atomic mass is 35.5. The molecule has 0 amide bonds. The van der Waals surface area contributed by atoms with Crippen LogP contribution in [-0.2, 0) is 11.4 Å². The van der Waals surface area contributed by atoms with Crippen molar-refractivity contribution < 1.29 is 4.84 Å². The largest absolute Gasteiger partial charge is 0.399 e. The van der Waals surface area contributed by atoms with Crippen LogP contribution in [0.4, 0.5) is 5.69 Å². The lowest BCUT2D eigenvalue weighted by atomic mass is 10.1. The lowest BCUT2D eigenvalue weighted by Gasteiger charge is -2.06. The first-order valence-electron chi connectivity index (χ1n) is 7.02. The molecule has 0 saturated heterocycles. The average Bonchev–Trinajstić information content (AvgIpc) is 3.31. The molecular weight excluding hydrogens is 284 g/mol. The number of anilines is 1. The number of nitrogen functional groups attached to an aromatic ring is 1. The number of rotatable bonds is 5. The van der Waals surface area contributed by atoms with E-state index in [0.717, 1.165) is 27.5 Å². The molecule has 0 unspecified atom stereocenters. The molecule has 2 aromatic carbocycles. The zero-order valence-electron chi connectivity index (χ0n) is 11.6. The summed E-state index contributed by atoms with van der Waals surface area (Å²) < 4.78 is 0. The number of nitrogens with zero attached hydrogens (tertiary/aromatic N) is 1. The van der Waals surface area contributed by atoms with Gasteiger partial charge in [-0.25, -0.2) is 0 Å². The first-order valence-corrected chi connectivity index (χ1v) is 7.40. The summed E-state index contributed by atoms with van der Waals surface area (Å²) in [5, 5.41) is 5.08. The molecule has 1 aliphatic carbocycles. The maximum atomic E-state index is 5.93. The summed E-state index contributed by atoms with van der Waals surface area (Å²) in [4.78, 5) is 5.52. The number of benzene rings is 2. The van der Waals surface area contributed by atoms with E-state index in [0.29, 0.717) is 12.5 Å². The molecular formula is C17H17ClN2O. The first kappa shape index (κ1) is 14.0. The molecule has 4 heteroatoms. The van der Waals surface area contributed by atoms with Crippen LogP contribution in [0.1, 0.15) is 24.0 Å². The summed E-state index contributed by atoms with van der Waals surface area (Å²) in [5.41, 5.74) is 9.57. The van der Waals surface area contributed by atoms with Gasteiger partial charge in [-0.1, -0.05) is 41.0 Å². The summed E-state index contributed by atoms with van der Waals surface area (Å²) in [6.45, 7) is 0.449. The standard InChI is InChI=1S/C17H17ClN2O/c18-15-7-5-14(6-8-15)17(13-3-4-13)20-21-11-12-1-9-16(19)10-2-12/h1-2,5-10,13H,3-4,11,19H2. The predicted molar refractivity (Wildman–Crippen MR) is 86.4 cm³/mol. The van der Waals surface area contributed by atoms with E-state index in [1.165, 1.54) is 12.8 Å². The minimum atomic E-state index is 0.449. The second-order valence-electron chi connectivity index (χ2n) is 5.27. The lowest BCUT2D eigenvalue weighted by Crippen LogP contribution is -2.04. The summed E-state index contributed by atoms with van der Waals surface area (Å²) in [7, 11) is 0. The van der Waals surface area contributed by atoms with E-state index in [2.05, 4.69) is 5.16 Å². The molecule has 0 bridgehead atoms. The van der Waals surface area contributed by atoms with Crippen molar-refractivity contribution in [2.45, 2.75) is 19.4 Å². The topological polar surface area (TPSA) is 47.6 Å². The highest BCUT2D eigenvalue weighted by Gasteiger charge is 2.29. The van der Waals surface area contributed by atoms with Crippen LogP contribution < -0.4 is 5.73 Å². The molecule has 0 spiro atoms. The molecule has 0 aliphatic heterocycles. The van der Waals surface area contributed by atoms with Gasteiger partial charge in [-0.3, -0.25) is 0 Å². The molecule has 0 aromatic heterocycles. The van der Waals surface area contributed by atoms with Crippen molar-refractivity contribution in [2.24, 2.45) is 11.1 Å². The third kappa shape index (κ3) is 3.76. The van der Waals surface area contributed by atoms with Crippen LogP contribution in [0.5, 0.6) is 0 Å². The zero-order chi connectivity index (χ0) is 14.7. The van der Waals surface area contributed by atoms with E-state index in [1.807, 2.05) is 48.5 Å². The Hall–Kier alpha value is -2.00. The van der Waals surface area contributed by atoms with Gasteiger partial charge in [0.25, 0.3) is 0 Å². The maximum Gasteiger partial charge on any atom is 0.142 e. The number of nitrogens with two attached hydrogens (primary N) is 1. The smallest absolute Gasteiger partial charge is 0.142 e. The Morgan fingerprint density at radius 3 is 2.38 bits per heavy atom. The molecule has 1 fully saturated rings. The molecule has 2 N–H and O–H groups in total. The number of hydrogen-bond donors (Lipinski definition) is 1. The molecule has 0 radical (unpaired) electrons. The van der Waals surface area contributed by atoms with Crippen LogP contribution in [0.3, 0.4) is 0 Å². The van der Waals surface area contributed by atoms with Crippen LogP contribution in [0.15, 0.2) is 53.7 Å². The van der Waals surface area contributed by atoms with Gasteiger partial charge >= 0.3 is 0 Å². The molecule has 21 heavy (non-hydrogen) atoms. The van der Waals surface area contributed by atoms with E-state index in [1.54, 1.807) is 0 Å². The Morgan fingerprint density at radius 2 is 1.76 bits per heavy atom. The van der Waals surface area contributed by atoms with Gasteiger partial charge in [-0.15, -0.1) is 0 Å². The van der Waals surface area contributed by atoms with Gasteiger partial charge < -0.3 is 10.6 Å². The zero-order valence-corrected chi connectivity index (χ0v) is 12.4. The fourth-order valence-corrected chi connectivity index (χ4v) is 2.26. The quantitative estimate of drug-likeness (QED) is 0.510. The normalized spacial score (nSPS) is 15.0. The van der Waals surface area contributed by atoms with Crippen molar-refractivity contribution >= 4 is 23.0 Å². The molecule has 3 nitrogen and oxygen atoms in total. The van der Waals surface area contributed by atoms with E-state index in [4.69, 9.17) is 22.2 Å². The maximum absolute atomic E-state index is 5.93.